The van der Waals surface area contributed by atoms with E-state index < -0.39 is 0 Å². The molecule has 37 heavy (non-hydrogen) atoms. The van der Waals surface area contributed by atoms with Gasteiger partial charge in [0.15, 0.2) is 5.78 Å². The first kappa shape index (κ1) is 25.9. The fraction of sp³-hybridized carbons (Fsp3) is 0.452. The Kier molecular flexibility index (Phi) is 7.39. The van der Waals surface area contributed by atoms with Crippen LogP contribution in [-0.4, -0.2) is 21.6 Å². The van der Waals surface area contributed by atoms with Gasteiger partial charge in [0.25, 0.3) is 5.56 Å². The maximum Gasteiger partial charge on any atom is 0.283 e. The molecule has 5 nitrogen and oxygen atoms in total. The van der Waals surface area contributed by atoms with Crippen LogP contribution in [0.25, 0.3) is 0 Å². The highest BCUT2D eigenvalue weighted by Gasteiger charge is 2.56. The lowest BCUT2D eigenvalue weighted by molar-refractivity contribution is -0.120. The van der Waals surface area contributed by atoms with Gasteiger partial charge in [-0.3, -0.25) is 9.59 Å². The molecule has 2 bridgehead atoms. The van der Waals surface area contributed by atoms with Crippen LogP contribution in [-0.2, 0) is 11.3 Å². The fourth-order valence-corrected chi connectivity index (χ4v) is 7.09. The van der Waals surface area contributed by atoms with Gasteiger partial charge in [0.2, 0.25) is 0 Å². The van der Waals surface area contributed by atoms with Gasteiger partial charge in [0, 0.05) is 18.4 Å². The number of carbonyl (C=O) groups excluding carboxylic acids is 1. The predicted molar refractivity (Wildman–Crippen MR) is 152 cm³/mol. The first-order valence-corrected chi connectivity index (χ1v) is 14.2. The number of nitrogens with one attached hydrogen (secondary N) is 1. The van der Waals surface area contributed by atoms with Crippen LogP contribution < -0.4 is 10.9 Å². The average molecular weight is 563 g/mol. The van der Waals surface area contributed by atoms with E-state index in [-0.39, 0.29) is 23.8 Å². The second-order valence-electron chi connectivity index (χ2n) is 11.5. The van der Waals surface area contributed by atoms with Gasteiger partial charge in [-0.05, 0) is 69.5 Å². The van der Waals surface area contributed by atoms with Gasteiger partial charge in [0.1, 0.15) is 11.0 Å². The van der Waals surface area contributed by atoms with Crippen LogP contribution in [0.2, 0.25) is 0 Å². The molecule has 0 amide bonds. The van der Waals surface area contributed by atoms with E-state index in [9.17, 15) is 9.59 Å². The van der Waals surface area contributed by atoms with Crippen molar-refractivity contribution in [2.45, 2.75) is 65.0 Å². The van der Waals surface area contributed by atoms with E-state index in [0.717, 1.165) is 18.0 Å². The van der Waals surface area contributed by atoms with Gasteiger partial charge in [-0.1, -0.05) is 81.4 Å². The molecule has 194 valence electrons. The molecule has 3 aromatic rings. The van der Waals surface area contributed by atoms with Crippen LogP contribution in [0.15, 0.2) is 76.1 Å². The number of hydrogen-bond acceptors (Lipinski definition) is 4. The number of anilines is 1. The monoisotopic (exact) mass is 561 g/mol. The number of fused-ring (bicyclic) bond motifs is 2. The number of Topliss-reactive ketones (excluding diaryl/α,β-unsaturated/α-hetero) is 1. The first-order chi connectivity index (χ1) is 17.8. The highest BCUT2D eigenvalue weighted by molar-refractivity contribution is 9.10. The largest absolute Gasteiger partial charge is 0.380 e. The molecule has 0 radical (unpaired) electrons. The molecule has 0 spiro atoms. The van der Waals surface area contributed by atoms with E-state index in [1.807, 2.05) is 36.4 Å². The summed E-state index contributed by atoms with van der Waals surface area (Å²) >= 11 is 3.49. The van der Waals surface area contributed by atoms with Crippen molar-refractivity contribution in [3.05, 3.63) is 92.8 Å². The SMILES string of the molecule is C[C@H]1[C@H](Nc2cnn(CC(=O)CCC(c3ccccc3)c3ccccc3)c(=O)c2Br)C[C@H]2C[C@@H]1C2(C)C. The molecule has 3 aliphatic carbocycles. The topological polar surface area (TPSA) is 64.0 Å². The van der Waals surface area contributed by atoms with Crippen LogP contribution in [0.4, 0.5) is 5.69 Å². The van der Waals surface area contributed by atoms with E-state index in [1.54, 1.807) is 6.20 Å². The van der Waals surface area contributed by atoms with Crippen molar-refractivity contribution >= 4 is 27.4 Å². The quantitative estimate of drug-likeness (QED) is 0.317. The molecular formula is C31H36BrN3O2. The third-order valence-corrected chi connectivity index (χ3v) is 9.89. The maximum absolute atomic E-state index is 13.1. The van der Waals surface area contributed by atoms with E-state index in [1.165, 1.54) is 22.2 Å². The number of rotatable bonds is 9. The fourth-order valence-electron chi connectivity index (χ4n) is 6.67. The molecule has 3 saturated carbocycles. The Morgan fingerprint density at radius 1 is 1.08 bits per heavy atom. The molecule has 6 heteroatoms. The van der Waals surface area contributed by atoms with E-state index in [0.29, 0.717) is 40.6 Å². The van der Waals surface area contributed by atoms with Crippen molar-refractivity contribution in [2.24, 2.45) is 23.2 Å². The molecular weight excluding hydrogens is 526 g/mol. The van der Waals surface area contributed by atoms with E-state index in [4.69, 9.17) is 0 Å². The van der Waals surface area contributed by atoms with Crippen molar-refractivity contribution in [3.8, 4) is 0 Å². The summed E-state index contributed by atoms with van der Waals surface area (Å²) in [5.41, 5.74) is 3.24. The number of carbonyl (C=O) groups is 1. The molecule has 6 rings (SSSR count). The molecule has 4 atom stereocenters. The standard InChI is InChI=1S/C31H36BrN3O2/c1-20-26-16-23(31(26,2)3)17-27(20)34-28-18-33-35(30(37)29(28)32)19-24(36)14-15-25(21-10-6-4-7-11-21)22-12-8-5-9-13-22/h4-13,18,20,23,25-27,34H,14-17,19H2,1-3H3/t20-,23-,26+,27-/m1/s1. The zero-order chi connectivity index (χ0) is 26.2. The summed E-state index contributed by atoms with van der Waals surface area (Å²) in [4.78, 5) is 26.0. The third kappa shape index (κ3) is 5.18. The second-order valence-corrected chi connectivity index (χ2v) is 12.3. The zero-order valence-corrected chi connectivity index (χ0v) is 23.4. The normalized spacial score (nSPS) is 23.9. The van der Waals surface area contributed by atoms with Gasteiger partial charge in [0.05, 0.1) is 11.9 Å². The molecule has 1 N–H and O–H groups in total. The minimum atomic E-state index is -0.269. The molecule has 1 aromatic heterocycles. The molecule has 3 fully saturated rings. The number of aromatic nitrogens is 2. The minimum absolute atomic E-state index is 0.00212. The van der Waals surface area contributed by atoms with E-state index in [2.05, 4.69) is 71.4 Å². The minimum Gasteiger partial charge on any atom is -0.380 e. The Labute approximate surface area is 227 Å². The molecule has 2 aromatic carbocycles. The Hall–Kier alpha value is -2.73. The summed E-state index contributed by atoms with van der Waals surface area (Å²) in [5.74, 6) is 2.11. The first-order valence-electron chi connectivity index (χ1n) is 13.4. The van der Waals surface area contributed by atoms with Crippen LogP contribution in [0.3, 0.4) is 0 Å². The molecule has 3 aliphatic rings. The average Bonchev–Trinajstić information content (AvgIpc) is 2.90. The smallest absolute Gasteiger partial charge is 0.283 e. The van der Waals surface area contributed by atoms with Gasteiger partial charge >= 0.3 is 0 Å². The lowest BCUT2D eigenvalue weighted by atomic mass is 9.45. The summed E-state index contributed by atoms with van der Waals surface area (Å²) < 4.78 is 1.73. The summed E-state index contributed by atoms with van der Waals surface area (Å²) in [6.45, 7) is 7.07. The summed E-state index contributed by atoms with van der Waals surface area (Å²) in [6.07, 6.45) is 5.17. The van der Waals surface area contributed by atoms with E-state index >= 15 is 0 Å². The lowest BCUT2D eigenvalue weighted by Gasteiger charge is -2.62. The molecule has 0 unspecified atom stereocenters. The van der Waals surface area contributed by atoms with Crippen LogP contribution >= 0.6 is 15.9 Å². The number of nitrogens with zero attached hydrogens (tertiary/aromatic N) is 2. The van der Waals surface area contributed by atoms with Gasteiger partial charge in [-0.25, -0.2) is 4.68 Å². The Balaban J connectivity index is 1.23. The Morgan fingerprint density at radius 3 is 2.27 bits per heavy atom. The lowest BCUT2D eigenvalue weighted by Crippen LogP contribution is -2.58. The van der Waals surface area contributed by atoms with Gasteiger partial charge < -0.3 is 5.32 Å². The summed E-state index contributed by atoms with van der Waals surface area (Å²) in [6, 6.07) is 20.9. The van der Waals surface area contributed by atoms with Crippen LogP contribution in [0.1, 0.15) is 63.5 Å². The van der Waals surface area contributed by atoms with Gasteiger partial charge in [-0.15, -0.1) is 0 Å². The highest BCUT2D eigenvalue weighted by atomic mass is 79.9. The molecule has 0 saturated heterocycles. The summed E-state index contributed by atoms with van der Waals surface area (Å²) in [7, 11) is 0. The van der Waals surface area contributed by atoms with Crippen molar-refractivity contribution in [1.82, 2.24) is 9.78 Å². The van der Waals surface area contributed by atoms with Crippen molar-refractivity contribution < 1.29 is 4.79 Å². The predicted octanol–water partition coefficient (Wildman–Crippen LogP) is 6.67. The maximum atomic E-state index is 13.1. The Bertz CT molecular complexity index is 1270. The summed E-state index contributed by atoms with van der Waals surface area (Å²) in [5, 5.41) is 7.95. The van der Waals surface area contributed by atoms with Crippen LogP contribution in [0.5, 0.6) is 0 Å². The van der Waals surface area contributed by atoms with Gasteiger partial charge in [-0.2, -0.15) is 5.10 Å². The zero-order valence-electron chi connectivity index (χ0n) is 21.9. The number of ketones is 1. The van der Waals surface area contributed by atoms with Crippen molar-refractivity contribution in [3.63, 3.8) is 0 Å². The number of halogens is 1. The second kappa shape index (κ2) is 10.6. The highest BCUT2D eigenvalue weighted by Crippen LogP contribution is 2.61. The van der Waals surface area contributed by atoms with Crippen molar-refractivity contribution in [1.29, 1.82) is 0 Å². The van der Waals surface area contributed by atoms with Crippen molar-refractivity contribution in [2.75, 3.05) is 5.32 Å². The third-order valence-electron chi connectivity index (χ3n) is 9.12. The number of benzene rings is 2. The number of hydrogen-bond donors (Lipinski definition) is 1. The molecule has 1 heterocycles. The van der Waals surface area contributed by atoms with Crippen LogP contribution in [0, 0.1) is 23.2 Å². The molecule has 0 aliphatic heterocycles. The Morgan fingerprint density at radius 2 is 1.70 bits per heavy atom.